The normalized spacial score (nSPS) is 14.2. The van der Waals surface area contributed by atoms with Crippen molar-refractivity contribution in [3.05, 3.63) is 68.8 Å². The molecule has 0 atom stereocenters. The molecule has 0 saturated carbocycles. The van der Waals surface area contributed by atoms with Gasteiger partial charge in [0.25, 0.3) is 11.8 Å². The van der Waals surface area contributed by atoms with E-state index in [-0.39, 0.29) is 32.0 Å². The van der Waals surface area contributed by atoms with Gasteiger partial charge in [0.1, 0.15) is 10.7 Å². The van der Waals surface area contributed by atoms with Crippen molar-refractivity contribution < 1.29 is 19.5 Å². The Morgan fingerprint density at radius 2 is 1.50 bits per heavy atom. The van der Waals surface area contributed by atoms with E-state index in [0.29, 0.717) is 5.69 Å². The lowest BCUT2D eigenvalue weighted by Gasteiger charge is -2.16. The first-order chi connectivity index (χ1) is 12.3. The number of anilines is 2. The van der Waals surface area contributed by atoms with Crippen molar-refractivity contribution in [2.45, 2.75) is 0 Å². The highest BCUT2D eigenvalue weighted by molar-refractivity contribution is 6.53. The van der Waals surface area contributed by atoms with Crippen LogP contribution in [0.15, 0.2) is 53.2 Å². The zero-order valence-corrected chi connectivity index (χ0v) is 15.0. The van der Waals surface area contributed by atoms with Gasteiger partial charge in [0.05, 0.1) is 11.7 Å². The molecular weight excluding hydrogens is 403 g/mol. The van der Waals surface area contributed by atoms with Crippen molar-refractivity contribution in [3.63, 3.8) is 0 Å². The second-order valence-electron chi connectivity index (χ2n) is 5.25. The predicted molar refractivity (Wildman–Crippen MR) is 96.2 cm³/mol. The molecule has 0 radical (unpaired) electrons. The minimum Gasteiger partial charge on any atom is -0.545 e. The molecule has 0 bridgehead atoms. The molecule has 0 aromatic heterocycles. The van der Waals surface area contributed by atoms with E-state index in [9.17, 15) is 19.5 Å². The second-order valence-corrected chi connectivity index (χ2v) is 6.50. The van der Waals surface area contributed by atoms with E-state index in [4.69, 9.17) is 34.8 Å². The SMILES string of the molecule is O=C([O-])c1ccc(NC2=C(Cl)C(=O)N(c3cc(Cl)cc(Cl)c3)C2=O)cc1. The zero-order chi connectivity index (χ0) is 19.0. The molecule has 1 aliphatic heterocycles. The van der Waals surface area contributed by atoms with E-state index in [1.807, 2.05) is 0 Å². The van der Waals surface area contributed by atoms with Gasteiger partial charge in [-0.15, -0.1) is 0 Å². The van der Waals surface area contributed by atoms with Gasteiger partial charge in [-0.2, -0.15) is 0 Å². The first-order valence-corrected chi connectivity index (χ1v) is 8.24. The Balaban J connectivity index is 1.90. The maximum Gasteiger partial charge on any atom is 0.283 e. The van der Waals surface area contributed by atoms with Gasteiger partial charge in [0, 0.05) is 15.7 Å². The molecule has 1 aliphatic rings. The van der Waals surface area contributed by atoms with Gasteiger partial charge >= 0.3 is 0 Å². The lowest BCUT2D eigenvalue weighted by Crippen LogP contribution is -2.32. The molecule has 1 N–H and O–H groups in total. The minimum absolute atomic E-state index is 0.0281. The molecule has 3 rings (SSSR count). The topological polar surface area (TPSA) is 89.5 Å². The van der Waals surface area contributed by atoms with Crippen molar-refractivity contribution in [3.8, 4) is 0 Å². The van der Waals surface area contributed by atoms with Crippen LogP contribution in [0.25, 0.3) is 0 Å². The molecule has 2 amide bonds. The summed E-state index contributed by atoms with van der Waals surface area (Å²) in [4.78, 5) is 36.6. The molecular formula is C17H8Cl3N2O4-. The van der Waals surface area contributed by atoms with Crippen LogP contribution in [0.2, 0.25) is 10.0 Å². The Labute approximate surface area is 162 Å². The number of rotatable bonds is 4. The van der Waals surface area contributed by atoms with Gasteiger partial charge in [0.2, 0.25) is 0 Å². The van der Waals surface area contributed by atoms with E-state index in [0.717, 1.165) is 4.90 Å². The van der Waals surface area contributed by atoms with Gasteiger partial charge in [-0.05, 0) is 35.9 Å². The molecule has 2 aromatic carbocycles. The van der Waals surface area contributed by atoms with E-state index in [1.54, 1.807) is 0 Å². The Bertz CT molecular complexity index is 950. The van der Waals surface area contributed by atoms with Crippen molar-refractivity contribution in [2.75, 3.05) is 10.2 Å². The average molecular weight is 411 g/mol. The highest BCUT2D eigenvalue weighted by Gasteiger charge is 2.39. The van der Waals surface area contributed by atoms with Crippen molar-refractivity contribution >= 4 is 64.0 Å². The summed E-state index contributed by atoms with van der Waals surface area (Å²) in [5, 5.41) is 13.7. The number of nitrogens with zero attached hydrogens (tertiary/aromatic N) is 1. The quantitative estimate of drug-likeness (QED) is 0.783. The smallest absolute Gasteiger partial charge is 0.283 e. The number of hydrogen-bond acceptors (Lipinski definition) is 5. The molecule has 0 spiro atoms. The molecule has 26 heavy (non-hydrogen) atoms. The number of nitrogens with one attached hydrogen (secondary N) is 1. The Kier molecular flexibility index (Phi) is 4.91. The van der Waals surface area contributed by atoms with Crippen LogP contribution in [-0.2, 0) is 9.59 Å². The first-order valence-electron chi connectivity index (χ1n) is 7.11. The maximum atomic E-state index is 12.6. The number of carbonyl (C=O) groups excluding carboxylic acids is 3. The highest BCUT2D eigenvalue weighted by Crippen LogP contribution is 2.33. The summed E-state index contributed by atoms with van der Waals surface area (Å²) in [6.45, 7) is 0. The lowest BCUT2D eigenvalue weighted by atomic mass is 10.2. The number of aromatic carboxylic acids is 1. The maximum absolute atomic E-state index is 12.6. The fraction of sp³-hybridized carbons (Fsp3) is 0. The molecule has 9 heteroatoms. The third-order valence-corrected chi connectivity index (χ3v) is 4.31. The molecule has 132 valence electrons. The van der Waals surface area contributed by atoms with Crippen LogP contribution in [0.3, 0.4) is 0 Å². The molecule has 0 unspecified atom stereocenters. The summed E-state index contributed by atoms with van der Waals surface area (Å²) in [6.07, 6.45) is 0. The number of benzene rings is 2. The fourth-order valence-electron chi connectivity index (χ4n) is 2.35. The number of imide groups is 1. The molecule has 6 nitrogen and oxygen atoms in total. The van der Waals surface area contributed by atoms with Gasteiger partial charge < -0.3 is 15.2 Å². The van der Waals surface area contributed by atoms with E-state index < -0.39 is 17.8 Å². The highest BCUT2D eigenvalue weighted by atomic mass is 35.5. The van der Waals surface area contributed by atoms with Crippen LogP contribution in [0.5, 0.6) is 0 Å². The number of hydrogen-bond donors (Lipinski definition) is 1. The van der Waals surface area contributed by atoms with Crippen LogP contribution in [0.1, 0.15) is 10.4 Å². The third-order valence-electron chi connectivity index (χ3n) is 3.52. The average Bonchev–Trinajstić information content (AvgIpc) is 2.78. The Morgan fingerprint density at radius 1 is 0.923 bits per heavy atom. The van der Waals surface area contributed by atoms with E-state index in [2.05, 4.69) is 5.32 Å². The molecule has 0 fully saturated rings. The molecule has 2 aromatic rings. The van der Waals surface area contributed by atoms with Gasteiger partial charge in [-0.3, -0.25) is 9.59 Å². The van der Waals surface area contributed by atoms with Crippen LogP contribution in [-0.4, -0.2) is 17.8 Å². The molecule has 0 aliphatic carbocycles. The van der Waals surface area contributed by atoms with Crippen molar-refractivity contribution in [1.82, 2.24) is 0 Å². The monoisotopic (exact) mass is 409 g/mol. The van der Waals surface area contributed by atoms with Gasteiger partial charge in [0.15, 0.2) is 0 Å². The van der Waals surface area contributed by atoms with Gasteiger partial charge in [-0.1, -0.05) is 46.9 Å². The molecule has 1 heterocycles. The summed E-state index contributed by atoms with van der Waals surface area (Å²) < 4.78 is 0. The lowest BCUT2D eigenvalue weighted by molar-refractivity contribution is -0.255. The summed E-state index contributed by atoms with van der Waals surface area (Å²) in [5.41, 5.74) is 0.378. The summed E-state index contributed by atoms with van der Waals surface area (Å²) in [5.74, 6) is -2.75. The number of carbonyl (C=O) groups is 3. The van der Waals surface area contributed by atoms with E-state index in [1.165, 1.54) is 42.5 Å². The number of amides is 2. The summed E-state index contributed by atoms with van der Waals surface area (Å²) in [6, 6.07) is 9.70. The minimum atomic E-state index is -1.33. The predicted octanol–water partition coefficient (Wildman–Crippen LogP) is 2.79. The summed E-state index contributed by atoms with van der Waals surface area (Å²) in [7, 11) is 0. The number of carboxylic acid groups (broad SMARTS) is 1. The zero-order valence-electron chi connectivity index (χ0n) is 12.8. The van der Waals surface area contributed by atoms with E-state index >= 15 is 0 Å². The fourth-order valence-corrected chi connectivity index (χ4v) is 3.08. The Hall–Kier alpha value is -2.54. The number of halogens is 3. The summed E-state index contributed by atoms with van der Waals surface area (Å²) >= 11 is 17.9. The molecule has 0 saturated heterocycles. The van der Waals surface area contributed by atoms with Crippen molar-refractivity contribution in [1.29, 1.82) is 0 Å². The second kappa shape index (κ2) is 6.99. The largest absolute Gasteiger partial charge is 0.545 e. The first kappa shape index (κ1) is 18.3. The van der Waals surface area contributed by atoms with Crippen molar-refractivity contribution in [2.24, 2.45) is 0 Å². The van der Waals surface area contributed by atoms with Crippen LogP contribution in [0.4, 0.5) is 11.4 Å². The number of carboxylic acids is 1. The van der Waals surface area contributed by atoms with Crippen LogP contribution < -0.4 is 15.3 Å². The Morgan fingerprint density at radius 3 is 2.04 bits per heavy atom. The standard InChI is InChI=1S/C17H9Cl3N2O4/c18-9-5-10(19)7-12(6-9)22-15(23)13(20)14(16(22)24)21-11-3-1-8(2-4-11)17(25)26/h1-7,21H,(H,25,26)/p-1. The van der Waals surface area contributed by atoms with Gasteiger partial charge in [-0.25, -0.2) is 4.90 Å². The third kappa shape index (κ3) is 3.39. The van der Waals surface area contributed by atoms with Crippen LogP contribution >= 0.6 is 34.8 Å². The van der Waals surface area contributed by atoms with Crippen LogP contribution in [0, 0.1) is 0 Å².